The zero-order valence-electron chi connectivity index (χ0n) is 12.0. The van der Waals surface area contributed by atoms with Gasteiger partial charge >= 0.3 is 0 Å². The molecule has 110 valence electrons. The highest BCUT2D eigenvalue weighted by Crippen LogP contribution is 2.21. The van der Waals surface area contributed by atoms with Gasteiger partial charge in [0.15, 0.2) is 0 Å². The molecule has 0 aliphatic rings. The van der Waals surface area contributed by atoms with Gasteiger partial charge in [-0.05, 0) is 30.2 Å². The maximum atomic E-state index is 12.1. The molecular formula is C18H16N2O2. The third-order valence-electron chi connectivity index (χ3n) is 3.52. The summed E-state index contributed by atoms with van der Waals surface area (Å²) >= 11 is 0. The number of para-hydroxylation sites is 2. The zero-order chi connectivity index (χ0) is 15.4. The Balaban J connectivity index is 1.70. The Hall–Kier alpha value is -2.88. The fourth-order valence-electron chi connectivity index (χ4n) is 2.39. The number of benzene rings is 2. The van der Waals surface area contributed by atoms with Crippen molar-refractivity contribution in [2.45, 2.75) is 12.8 Å². The summed E-state index contributed by atoms with van der Waals surface area (Å²) < 4.78 is 0. The number of hydrogen-bond acceptors (Lipinski definition) is 3. The number of phenolic OH excluding ortho intramolecular Hbond substituents is 1. The van der Waals surface area contributed by atoms with Crippen molar-refractivity contribution in [3.8, 4) is 5.75 Å². The summed E-state index contributed by atoms with van der Waals surface area (Å²) in [6, 6.07) is 16.6. The molecule has 0 bridgehead atoms. The van der Waals surface area contributed by atoms with E-state index in [1.165, 1.54) is 0 Å². The zero-order valence-corrected chi connectivity index (χ0v) is 12.0. The van der Waals surface area contributed by atoms with Crippen LogP contribution in [-0.4, -0.2) is 16.0 Å². The minimum atomic E-state index is -0.0959. The molecule has 0 aliphatic carbocycles. The number of aromatic hydroxyl groups is 1. The van der Waals surface area contributed by atoms with E-state index >= 15 is 0 Å². The van der Waals surface area contributed by atoms with Gasteiger partial charge in [0.1, 0.15) is 5.75 Å². The summed E-state index contributed by atoms with van der Waals surface area (Å²) in [6.07, 6.45) is 2.51. The molecule has 2 N–H and O–H groups in total. The molecule has 0 radical (unpaired) electrons. The Bertz CT molecular complexity index is 810. The Kier molecular flexibility index (Phi) is 4.01. The number of nitrogens with zero attached hydrogens (tertiary/aromatic N) is 1. The second-order valence-electron chi connectivity index (χ2n) is 5.06. The van der Waals surface area contributed by atoms with E-state index in [1.54, 1.807) is 18.3 Å². The Morgan fingerprint density at radius 1 is 1.05 bits per heavy atom. The Labute approximate surface area is 128 Å². The van der Waals surface area contributed by atoms with Gasteiger partial charge in [0.05, 0.1) is 11.2 Å². The van der Waals surface area contributed by atoms with E-state index in [-0.39, 0.29) is 11.7 Å². The van der Waals surface area contributed by atoms with E-state index in [0.717, 1.165) is 16.5 Å². The lowest BCUT2D eigenvalue weighted by atomic mass is 10.1. The molecule has 1 aromatic heterocycles. The molecule has 0 aliphatic heterocycles. The Morgan fingerprint density at radius 2 is 1.86 bits per heavy atom. The molecule has 1 heterocycles. The number of rotatable bonds is 4. The number of hydrogen-bond donors (Lipinski definition) is 2. The molecule has 0 fully saturated rings. The molecule has 4 nitrogen and oxygen atoms in total. The van der Waals surface area contributed by atoms with Crippen LogP contribution in [0.1, 0.15) is 12.0 Å². The van der Waals surface area contributed by atoms with Crippen molar-refractivity contribution in [3.05, 3.63) is 66.4 Å². The van der Waals surface area contributed by atoms with Crippen LogP contribution in [0.2, 0.25) is 0 Å². The summed E-state index contributed by atoms with van der Waals surface area (Å²) in [6.45, 7) is 0. The van der Waals surface area contributed by atoms with Crippen molar-refractivity contribution in [1.29, 1.82) is 0 Å². The van der Waals surface area contributed by atoms with Gasteiger partial charge in [0.2, 0.25) is 5.91 Å². The van der Waals surface area contributed by atoms with Gasteiger partial charge in [-0.2, -0.15) is 0 Å². The fourth-order valence-corrected chi connectivity index (χ4v) is 2.39. The van der Waals surface area contributed by atoms with Crippen LogP contribution in [0.25, 0.3) is 10.9 Å². The van der Waals surface area contributed by atoms with E-state index in [9.17, 15) is 9.90 Å². The van der Waals surface area contributed by atoms with Crippen LogP contribution < -0.4 is 5.32 Å². The molecular weight excluding hydrogens is 276 g/mol. The van der Waals surface area contributed by atoms with Gasteiger partial charge < -0.3 is 10.4 Å². The molecule has 0 spiro atoms. The van der Waals surface area contributed by atoms with Crippen LogP contribution in [0.5, 0.6) is 5.75 Å². The SMILES string of the molecule is O=C(CCc1ccccc1O)Nc1cccc2cccnc12. The average molecular weight is 292 g/mol. The number of carbonyl (C=O) groups excluding carboxylic acids is 1. The summed E-state index contributed by atoms with van der Waals surface area (Å²) in [5.41, 5.74) is 2.26. The molecule has 1 amide bonds. The summed E-state index contributed by atoms with van der Waals surface area (Å²) in [5.74, 6) is 0.128. The first-order valence-electron chi connectivity index (χ1n) is 7.14. The van der Waals surface area contributed by atoms with E-state index in [2.05, 4.69) is 10.3 Å². The fraction of sp³-hybridized carbons (Fsp3) is 0.111. The number of amides is 1. The highest BCUT2D eigenvalue weighted by atomic mass is 16.3. The normalized spacial score (nSPS) is 10.5. The number of nitrogens with one attached hydrogen (secondary N) is 1. The molecule has 0 atom stereocenters. The van der Waals surface area contributed by atoms with Gasteiger partial charge in [0, 0.05) is 18.0 Å². The van der Waals surface area contributed by atoms with Crippen LogP contribution >= 0.6 is 0 Å². The summed E-state index contributed by atoms with van der Waals surface area (Å²) in [7, 11) is 0. The van der Waals surface area contributed by atoms with E-state index in [0.29, 0.717) is 18.5 Å². The monoisotopic (exact) mass is 292 g/mol. The number of pyridine rings is 1. The van der Waals surface area contributed by atoms with Gasteiger partial charge in [-0.25, -0.2) is 0 Å². The van der Waals surface area contributed by atoms with E-state index < -0.39 is 0 Å². The summed E-state index contributed by atoms with van der Waals surface area (Å²) in [5, 5.41) is 13.6. The minimum Gasteiger partial charge on any atom is -0.508 e. The quantitative estimate of drug-likeness (QED) is 0.773. The van der Waals surface area contributed by atoms with Crippen molar-refractivity contribution >= 4 is 22.5 Å². The van der Waals surface area contributed by atoms with Crippen LogP contribution in [0.3, 0.4) is 0 Å². The maximum Gasteiger partial charge on any atom is 0.224 e. The molecule has 3 rings (SSSR count). The highest BCUT2D eigenvalue weighted by Gasteiger charge is 2.08. The number of carbonyl (C=O) groups is 1. The molecule has 0 saturated carbocycles. The maximum absolute atomic E-state index is 12.1. The lowest BCUT2D eigenvalue weighted by molar-refractivity contribution is -0.116. The number of aromatic nitrogens is 1. The molecule has 3 aromatic rings. The lowest BCUT2D eigenvalue weighted by Crippen LogP contribution is -2.12. The van der Waals surface area contributed by atoms with Gasteiger partial charge in [-0.3, -0.25) is 9.78 Å². The minimum absolute atomic E-state index is 0.0959. The number of aryl methyl sites for hydroxylation is 1. The Morgan fingerprint density at radius 3 is 2.73 bits per heavy atom. The number of anilines is 1. The third-order valence-corrected chi connectivity index (χ3v) is 3.52. The lowest BCUT2D eigenvalue weighted by Gasteiger charge is -2.08. The topological polar surface area (TPSA) is 62.2 Å². The average Bonchev–Trinajstić information content (AvgIpc) is 2.54. The third kappa shape index (κ3) is 3.06. The van der Waals surface area contributed by atoms with Crippen molar-refractivity contribution in [3.63, 3.8) is 0 Å². The standard InChI is InChI=1S/C18H16N2O2/c21-16-9-2-1-5-13(16)10-11-17(22)20-15-8-3-6-14-7-4-12-19-18(14)15/h1-9,12,21H,10-11H2,(H,20,22). The first-order valence-corrected chi connectivity index (χ1v) is 7.14. The van der Waals surface area contributed by atoms with Gasteiger partial charge in [-0.1, -0.05) is 36.4 Å². The van der Waals surface area contributed by atoms with Crippen LogP contribution in [0.15, 0.2) is 60.8 Å². The first-order chi connectivity index (χ1) is 10.7. The van der Waals surface area contributed by atoms with Crippen LogP contribution in [0.4, 0.5) is 5.69 Å². The number of phenols is 1. The molecule has 0 saturated heterocycles. The largest absolute Gasteiger partial charge is 0.508 e. The smallest absolute Gasteiger partial charge is 0.224 e. The van der Waals surface area contributed by atoms with E-state index in [1.807, 2.05) is 42.5 Å². The van der Waals surface area contributed by atoms with Gasteiger partial charge in [0.25, 0.3) is 0 Å². The molecule has 2 aromatic carbocycles. The summed E-state index contributed by atoms with van der Waals surface area (Å²) in [4.78, 5) is 16.4. The van der Waals surface area contributed by atoms with Crippen LogP contribution in [0, 0.1) is 0 Å². The predicted molar refractivity (Wildman–Crippen MR) is 86.8 cm³/mol. The van der Waals surface area contributed by atoms with Crippen molar-refractivity contribution in [2.24, 2.45) is 0 Å². The van der Waals surface area contributed by atoms with Crippen LogP contribution in [-0.2, 0) is 11.2 Å². The molecule has 4 heteroatoms. The van der Waals surface area contributed by atoms with Crippen molar-refractivity contribution in [2.75, 3.05) is 5.32 Å². The van der Waals surface area contributed by atoms with Crippen molar-refractivity contribution in [1.82, 2.24) is 4.98 Å². The van der Waals surface area contributed by atoms with Gasteiger partial charge in [-0.15, -0.1) is 0 Å². The predicted octanol–water partition coefficient (Wildman–Crippen LogP) is 3.51. The second kappa shape index (κ2) is 6.26. The first kappa shape index (κ1) is 14.1. The number of fused-ring (bicyclic) bond motifs is 1. The second-order valence-corrected chi connectivity index (χ2v) is 5.06. The van der Waals surface area contributed by atoms with Crippen molar-refractivity contribution < 1.29 is 9.90 Å². The van der Waals surface area contributed by atoms with E-state index in [4.69, 9.17) is 0 Å². The molecule has 22 heavy (non-hydrogen) atoms. The molecule has 0 unspecified atom stereocenters. The highest BCUT2D eigenvalue weighted by molar-refractivity contribution is 6.00.